The second kappa shape index (κ2) is 12.9. The molecule has 0 saturated carbocycles. The van der Waals surface area contributed by atoms with E-state index in [9.17, 15) is 27.6 Å². The number of nitrogens with zero attached hydrogens (tertiary/aromatic N) is 2. The van der Waals surface area contributed by atoms with Gasteiger partial charge in [0.1, 0.15) is 17.3 Å². The molecule has 0 aliphatic carbocycles. The van der Waals surface area contributed by atoms with Crippen molar-refractivity contribution in [2.75, 3.05) is 43.5 Å². The van der Waals surface area contributed by atoms with E-state index in [1.165, 1.54) is 23.1 Å². The second-order valence-electron chi connectivity index (χ2n) is 8.67. The summed E-state index contributed by atoms with van der Waals surface area (Å²) in [5, 5.41) is 0. The van der Waals surface area contributed by atoms with E-state index in [0.717, 1.165) is 10.6 Å². The highest BCUT2D eigenvalue weighted by Crippen LogP contribution is 2.32. The average molecular weight is 592 g/mol. The molecule has 0 radical (unpaired) electrons. The zero-order valence-corrected chi connectivity index (χ0v) is 23.8. The Morgan fingerprint density at radius 3 is 2.30 bits per heavy atom. The number of hydrogen-bond acceptors (Lipinski definition) is 10. The number of ketones is 1. The zero-order chi connectivity index (χ0) is 29.6. The summed E-state index contributed by atoms with van der Waals surface area (Å²) < 4.78 is 41.3. The van der Waals surface area contributed by atoms with E-state index in [0.29, 0.717) is 16.7 Å². The van der Waals surface area contributed by atoms with Crippen molar-refractivity contribution in [2.45, 2.75) is 20.4 Å². The SMILES string of the molecule is CCOC(=O)COc1ccc(C(=O)CN2Cc3cc(C(N)=S)ccc3C2=O)cc1N(CC(=O)OCC)S(C)(=O)=O. The van der Waals surface area contributed by atoms with E-state index in [1.54, 1.807) is 32.0 Å². The Morgan fingerprint density at radius 2 is 1.68 bits per heavy atom. The molecule has 14 heteroatoms. The molecule has 0 spiro atoms. The van der Waals surface area contributed by atoms with Crippen LogP contribution in [0, 0.1) is 0 Å². The lowest BCUT2D eigenvalue weighted by atomic mass is 10.1. The Morgan fingerprint density at radius 1 is 1.02 bits per heavy atom. The lowest BCUT2D eigenvalue weighted by molar-refractivity contribution is -0.145. The van der Waals surface area contributed by atoms with E-state index in [-0.39, 0.29) is 54.2 Å². The molecule has 3 rings (SSSR count). The standard InChI is InChI=1S/C26H29N3O9S2/c1-4-36-23(31)14-29(40(3,34)35)20-11-16(7-9-22(20)38-15-24(32)37-5-2)21(30)13-28-12-18-10-17(25(27)39)6-8-19(18)26(28)33/h6-11H,4-5,12-15H2,1-3H3,(H2,27,39). The summed E-state index contributed by atoms with van der Waals surface area (Å²) in [5.74, 6) is -2.48. The number of nitrogens with two attached hydrogens (primary N) is 1. The predicted octanol–water partition coefficient (Wildman–Crippen LogP) is 1.43. The fourth-order valence-electron chi connectivity index (χ4n) is 3.98. The van der Waals surface area contributed by atoms with Crippen LogP contribution in [0.3, 0.4) is 0 Å². The van der Waals surface area contributed by atoms with Crippen molar-refractivity contribution in [1.29, 1.82) is 0 Å². The molecular formula is C26H29N3O9S2. The molecule has 1 amide bonds. The van der Waals surface area contributed by atoms with Crippen LogP contribution in [0.25, 0.3) is 0 Å². The molecule has 0 atom stereocenters. The predicted molar refractivity (Wildman–Crippen MR) is 149 cm³/mol. The fraction of sp³-hybridized carbons (Fsp3) is 0.346. The smallest absolute Gasteiger partial charge is 0.344 e. The zero-order valence-electron chi connectivity index (χ0n) is 22.2. The third-order valence-electron chi connectivity index (χ3n) is 5.78. The minimum absolute atomic E-state index is 0.0198. The molecule has 0 bridgehead atoms. The molecule has 214 valence electrons. The van der Waals surface area contributed by atoms with Crippen molar-refractivity contribution < 1.29 is 41.8 Å². The number of carbonyl (C=O) groups excluding carboxylic acids is 4. The van der Waals surface area contributed by atoms with Gasteiger partial charge in [-0.1, -0.05) is 18.3 Å². The molecule has 12 nitrogen and oxygen atoms in total. The summed E-state index contributed by atoms with van der Waals surface area (Å²) in [6, 6.07) is 8.84. The molecule has 0 fully saturated rings. The van der Waals surface area contributed by atoms with Crippen LogP contribution in [0.2, 0.25) is 0 Å². The molecule has 1 aliphatic heterocycles. The second-order valence-corrected chi connectivity index (χ2v) is 11.0. The van der Waals surface area contributed by atoms with Gasteiger partial charge in [0.25, 0.3) is 5.91 Å². The molecule has 1 heterocycles. The van der Waals surface area contributed by atoms with Gasteiger partial charge in [-0.05, 0) is 49.7 Å². The van der Waals surface area contributed by atoms with Crippen LogP contribution in [0.5, 0.6) is 5.75 Å². The third kappa shape index (κ3) is 7.33. The average Bonchev–Trinajstić information content (AvgIpc) is 3.19. The van der Waals surface area contributed by atoms with Crippen LogP contribution in [-0.2, 0) is 35.6 Å². The van der Waals surface area contributed by atoms with Crippen molar-refractivity contribution in [1.82, 2.24) is 4.90 Å². The summed E-state index contributed by atoms with van der Waals surface area (Å²) in [5.41, 5.74) is 7.26. The summed E-state index contributed by atoms with van der Waals surface area (Å²) in [6.07, 6.45) is 0.872. The number of amides is 1. The maximum absolute atomic E-state index is 13.3. The van der Waals surface area contributed by atoms with Gasteiger partial charge in [-0.15, -0.1) is 0 Å². The van der Waals surface area contributed by atoms with E-state index < -0.39 is 40.9 Å². The van der Waals surface area contributed by atoms with Crippen LogP contribution in [0.1, 0.15) is 45.7 Å². The van der Waals surface area contributed by atoms with Gasteiger partial charge < -0.3 is 24.8 Å². The Labute approximate surface area is 237 Å². The van der Waals surface area contributed by atoms with Crippen LogP contribution < -0.4 is 14.8 Å². The highest BCUT2D eigenvalue weighted by molar-refractivity contribution is 7.92. The molecule has 40 heavy (non-hydrogen) atoms. The molecule has 0 saturated heterocycles. The number of rotatable bonds is 13. The molecular weight excluding hydrogens is 562 g/mol. The number of hydrogen-bond donors (Lipinski definition) is 1. The first-order chi connectivity index (χ1) is 18.8. The van der Waals surface area contributed by atoms with Crippen molar-refractivity contribution in [3.63, 3.8) is 0 Å². The Kier molecular flexibility index (Phi) is 9.82. The molecule has 2 aromatic rings. The van der Waals surface area contributed by atoms with Crippen LogP contribution >= 0.6 is 12.2 Å². The molecule has 0 aromatic heterocycles. The monoisotopic (exact) mass is 591 g/mol. The van der Waals surface area contributed by atoms with Crippen molar-refractivity contribution in [2.24, 2.45) is 5.73 Å². The number of fused-ring (bicyclic) bond motifs is 1. The Balaban J connectivity index is 1.93. The quantitative estimate of drug-likeness (QED) is 0.204. The third-order valence-corrected chi connectivity index (χ3v) is 7.14. The lowest BCUT2D eigenvalue weighted by Crippen LogP contribution is -2.36. The summed E-state index contributed by atoms with van der Waals surface area (Å²) in [7, 11) is -4.08. The van der Waals surface area contributed by atoms with Gasteiger partial charge in [-0.25, -0.2) is 13.2 Å². The van der Waals surface area contributed by atoms with Gasteiger partial charge in [0, 0.05) is 23.2 Å². The van der Waals surface area contributed by atoms with E-state index in [4.69, 9.17) is 32.2 Å². The van der Waals surface area contributed by atoms with Gasteiger partial charge in [0.15, 0.2) is 12.4 Å². The Hall–Kier alpha value is -4.04. The highest BCUT2D eigenvalue weighted by Gasteiger charge is 2.31. The normalized spacial score (nSPS) is 12.5. The molecule has 0 unspecified atom stereocenters. The van der Waals surface area contributed by atoms with Gasteiger partial charge in [-0.3, -0.25) is 18.7 Å². The number of sulfonamides is 1. The Bertz CT molecular complexity index is 1460. The number of esters is 2. The first-order valence-electron chi connectivity index (χ1n) is 12.2. The van der Waals surface area contributed by atoms with Crippen LogP contribution in [0.15, 0.2) is 36.4 Å². The highest BCUT2D eigenvalue weighted by atomic mass is 32.2. The maximum Gasteiger partial charge on any atom is 0.344 e. The fourth-order valence-corrected chi connectivity index (χ4v) is 4.95. The lowest BCUT2D eigenvalue weighted by Gasteiger charge is -2.24. The minimum atomic E-state index is -4.08. The van der Waals surface area contributed by atoms with Crippen molar-refractivity contribution >= 4 is 56.5 Å². The van der Waals surface area contributed by atoms with E-state index in [2.05, 4.69) is 0 Å². The molecule has 2 aromatic carbocycles. The largest absolute Gasteiger partial charge is 0.480 e. The first-order valence-corrected chi connectivity index (χ1v) is 14.4. The molecule has 1 aliphatic rings. The van der Waals surface area contributed by atoms with E-state index in [1.807, 2.05) is 0 Å². The molecule has 2 N–H and O–H groups in total. The topological polar surface area (TPSA) is 163 Å². The van der Waals surface area contributed by atoms with Gasteiger partial charge in [0.2, 0.25) is 10.0 Å². The summed E-state index contributed by atoms with van der Waals surface area (Å²) in [4.78, 5) is 51.8. The van der Waals surface area contributed by atoms with Crippen LogP contribution in [0.4, 0.5) is 5.69 Å². The first kappa shape index (κ1) is 30.5. The number of ether oxygens (including phenoxy) is 3. The van der Waals surface area contributed by atoms with Crippen molar-refractivity contribution in [3.05, 3.63) is 58.7 Å². The number of carbonyl (C=O) groups is 4. The van der Waals surface area contributed by atoms with E-state index >= 15 is 0 Å². The van der Waals surface area contributed by atoms with Crippen molar-refractivity contribution in [3.8, 4) is 5.75 Å². The summed E-state index contributed by atoms with van der Waals surface area (Å²) in [6.45, 7) is 1.91. The minimum Gasteiger partial charge on any atom is -0.480 e. The van der Waals surface area contributed by atoms with Gasteiger partial charge in [-0.2, -0.15) is 0 Å². The van der Waals surface area contributed by atoms with Gasteiger partial charge in [0.05, 0.1) is 31.7 Å². The summed E-state index contributed by atoms with van der Waals surface area (Å²) >= 11 is 5.00. The maximum atomic E-state index is 13.3. The number of anilines is 1. The number of thiocarbonyl (C=S) groups is 1. The number of Topliss-reactive ketones (excluding diaryl/α,β-unsaturated/α-hetero) is 1. The van der Waals surface area contributed by atoms with Gasteiger partial charge >= 0.3 is 11.9 Å². The van der Waals surface area contributed by atoms with Crippen LogP contribution in [-0.4, -0.2) is 81.1 Å². The number of benzene rings is 2.